The normalized spacial score (nSPS) is 16.7. The van der Waals surface area contributed by atoms with E-state index in [0.717, 1.165) is 13.1 Å². The highest BCUT2D eigenvalue weighted by atomic mass is 16.5. The molecule has 1 fully saturated rings. The van der Waals surface area contributed by atoms with Crippen molar-refractivity contribution in [2.45, 2.75) is 20.0 Å². The van der Waals surface area contributed by atoms with Gasteiger partial charge >= 0.3 is 12.0 Å². The number of urea groups is 1. The van der Waals surface area contributed by atoms with Crippen LogP contribution in [0.4, 0.5) is 4.79 Å². The van der Waals surface area contributed by atoms with Crippen molar-refractivity contribution in [1.82, 2.24) is 9.80 Å². The summed E-state index contributed by atoms with van der Waals surface area (Å²) in [7, 11) is 3.62. The van der Waals surface area contributed by atoms with Crippen LogP contribution in [0.2, 0.25) is 0 Å². The molecule has 0 saturated carbocycles. The Morgan fingerprint density at radius 3 is 2.00 bits per heavy atom. The van der Waals surface area contributed by atoms with Crippen molar-refractivity contribution < 1.29 is 19.4 Å². The number of hydrogen-bond acceptors (Lipinski definition) is 4. The molecular formula is C10H20N2O4. The van der Waals surface area contributed by atoms with E-state index in [1.165, 1.54) is 6.92 Å². The summed E-state index contributed by atoms with van der Waals surface area (Å²) in [4.78, 5) is 24.4. The highest BCUT2D eigenvalue weighted by molar-refractivity contribution is 5.75. The minimum atomic E-state index is -0.991. The highest BCUT2D eigenvalue weighted by Crippen LogP contribution is 2.00. The zero-order valence-electron chi connectivity index (χ0n) is 10.3. The SMILES string of the molecule is CCOC(=O)C(C)O.CN1CCN(C)C1=O. The number of likely N-dealkylation sites (N-methyl/N-ethyl adjacent to an activating group) is 2. The summed E-state index contributed by atoms with van der Waals surface area (Å²) in [6.45, 7) is 5.13. The molecule has 0 radical (unpaired) electrons. The lowest BCUT2D eigenvalue weighted by Gasteiger charge is -2.07. The third kappa shape index (κ3) is 4.97. The molecule has 1 saturated heterocycles. The van der Waals surface area contributed by atoms with Crippen LogP contribution in [0.1, 0.15) is 13.8 Å². The molecule has 0 aliphatic carbocycles. The smallest absolute Gasteiger partial charge is 0.334 e. The van der Waals surface area contributed by atoms with Gasteiger partial charge in [-0.05, 0) is 13.8 Å². The van der Waals surface area contributed by atoms with E-state index in [4.69, 9.17) is 5.11 Å². The first-order chi connectivity index (χ1) is 7.40. The van der Waals surface area contributed by atoms with Gasteiger partial charge in [-0.3, -0.25) is 0 Å². The fourth-order valence-electron chi connectivity index (χ4n) is 1.05. The van der Waals surface area contributed by atoms with E-state index in [1.807, 2.05) is 14.1 Å². The largest absolute Gasteiger partial charge is 0.464 e. The third-order valence-electron chi connectivity index (χ3n) is 2.05. The highest BCUT2D eigenvalue weighted by Gasteiger charge is 2.20. The van der Waals surface area contributed by atoms with Crippen molar-refractivity contribution in [3.63, 3.8) is 0 Å². The maximum atomic E-state index is 10.8. The molecular weight excluding hydrogens is 212 g/mol. The predicted octanol–water partition coefficient (Wildman–Crippen LogP) is -0.0861. The topological polar surface area (TPSA) is 70.1 Å². The minimum Gasteiger partial charge on any atom is -0.464 e. The number of carbonyl (C=O) groups excluding carboxylic acids is 2. The Hall–Kier alpha value is -1.30. The number of aliphatic hydroxyl groups excluding tert-OH is 1. The van der Waals surface area contributed by atoms with Gasteiger partial charge in [0.2, 0.25) is 0 Å². The van der Waals surface area contributed by atoms with Gasteiger partial charge in [-0.1, -0.05) is 0 Å². The average molecular weight is 232 g/mol. The lowest BCUT2D eigenvalue weighted by Crippen LogP contribution is -2.25. The van der Waals surface area contributed by atoms with Gasteiger partial charge in [0.05, 0.1) is 6.61 Å². The standard InChI is InChI=1S/C5H10N2O.C5H10O3/c1-6-3-4-7(2)5(6)8;1-3-8-5(7)4(2)6/h3-4H2,1-2H3;4,6H,3H2,1-2H3. The average Bonchev–Trinajstić information content (AvgIpc) is 2.51. The van der Waals surface area contributed by atoms with E-state index >= 15 is 0 Å². The maximum absolute atomic E-state index is 10.8. The first-order valence-corrected chi connectivity index (χ1v) is 5.21. The van der Waals surface area contributed by atoms with E-state index in [-0.39, 0.29) is 6.03 Å². The van der Waals surface area contributed by atoms with Crippen LogP contribution < -0.4 is 0 Å². The van der Waals surface area contributed by atoms with Crippen molar-refractivity contribution in [3.8, 4) is 0 Å². The molecule has 0 aromatic carbocycles. The molecule has 6 heteroatoms. The fourth-order valence-corrected chi connectivity index (χ4v) is 1.05. The van der Waals surface area contributed by atoms with E-state index in [9.17, 15) is 9.59 Å². The van der Waals surface area contributed by atoms with Gasteiger partial charge in [-0.15, -0.1) is 0 Å². The number of ether oxygens (including phenoxy) is 1. The fraction of sp³-hybridized carbons (Fsp3) is 0.800. The number of esters is 1. The van der Waals surface area contributed by atoms with Gasteiger partial charge in [0.15, 0.2) is 0 Å². The van der Waals surface area contributed by atoms with Gasteiger partial charge in [0.25, 0.3) is 0 Å². The van der Waals surface area contributed by atoms with Crippen LogP contribution >= 0.6 is 0 Å². The predicted molar refractivity (Wildman–Crippen MR) is 59.0 cm³/mol. The Morgan fingerprint density at radius 1 is 1.44 bits per heavy atom. The monoisotopic (exact) mass is 232 g/mol. The Labute approximate surface area is 95.8 Å². The second-order valence-corrected chi connectivity index (χ2v) is 3.55. The van der Waals surface area contributed by atoms with Crippen molar-refractivity contribution >= 4 is 12.0 Å². The maximum Gasteiger partial charge on any atom is 0.334 e. The molecule has 1 heterocycles. The van der Waals surface area contributed by atoms with Gasteiger partial charge in [0.1, 0.15) is 6.10 Å². The summed E-state index contributed by atoms with van der Waals surface area (Å²) in [5.41, 5.74) is 0. The van der Waals surface area contributed by atoms with Crippen LogP contribution in [0.3, 0.4) is 0 Å². The van der Waals surface area contributed by atoms with Crippen LogP contribution in [0.15, 0.2) is 0 Å². The zero-order valence-corrected chi connectivity index (χ0v) is 10.3. The first-order valence-electron chi connectivity index (χ1n) is 5.21. The lowest BCUT2D eigenvalue weighted by molar-refractivity contribution is -0.151. The van der Waals surface area contributed by atoms with Crippen LogP contribution in [0.5, 0.6) is 0 Å². The lowest BCUT2D eigenvalue weighted by atomic mass is 10.4. The molecule has 6 nitrogen and oxygen atoms in total. The molecule has 0 aromatic heterocycles. The first kappa shape index (κ1) is 14.7. The minimum absolute atomic E-state index is 0.130. The zero-order chi connectivity index (χ0) is 12.7. The number of carbonyl (C=O) groups is 2. The van der Waals surface area contributed by atoms with Gasteiger partial charge in [-0.2, -0.15) is 0 Å². The summed E-state index contributed by atoms with van der Waals surface area (Å²) >= 11 is 0. The molecule has 1 rings (SSSR count). The van der Waals surface area contributed by atoms with Crippen molar-refractivity contribution in [2.75, 3.05) is 33.8 Å². The van der Waals surface area contributed by atoms with Gasteiger partial charge in [0, 0.05) is 27.2 Å². The summed E-state index contributed by atoms with van der Waals surface area (Å²) in [5, 5.41) is 8.48. The quantitative estimate of drug-likeness (QED) is 0.676. The summed E-state index contributed by atoms with van der Waals surface area (Å²) in [6, 6.07) is 0.130. The molecule has 1 aliphatic heterocycles. The number of rotatable bonds is 2. The van der Waals surface area contributed by atoms with Crippen LogP contribution in [0, 0.1) is 0 Å². The summed E-state index contributed by atoms with van der Waals surface area (Å²) in [5.74, 6) is -0.562. The number of nitrogens with zero attached hydrogens (tertiary/aromatic N) is 2. The molecule has 1 N–H and O–H groups in total. The molecule has 0 aromatic rings. The molecule has 16 heavy (non-hydrogen) atoms. The van der Waals surface area contributed by atoms with Crippen molar-refractivity contribution in [1.29, 1.82) is 0 Å². The number of aliphatic hydroxyl groups is 1. The van der Waals surface area contributed by atoms with Crippen molar-refractivity contribution in [2.24, 2.45) is 0 Å². The van der Waals surface area contributed by atoms with E-state index in [1.54, 1.807) is 16.7 Å². The van der Waals surface area contributed by atoms with Gasteiger partial charge < -0.3 is 19.6 Å². The Morgan fingerprint density at radius 2 is 1.88 bits per heavy atom. The molecule has 2 amide bonds. The molecule has 1 atom stereocenters. The number of hydrogen-bond donors (Lipinski definition) is 1. The molecule has 1 aliphatic rings. The molecule has 0 spiro atoms. The Bertz CT molecular complexity index is 231. The Kier molecular flexibility index (Phi) is 6.48. The summed E-state index contributed by atoms with van der Waals surface area (Å²) in [6.07, 6.45) is -0.991. The number of amides is 2. The van der Waals surface area contributed by atoms with Crippen LogP contribution in [-0.2, 0) is 9.53 Å². The summed E-state index contributed by atoms with van der Waals surface area (Å²) < 4.78 is 4.41. The molecule has 0 bridgehead atoms. The van der Waals surface area contributed by atoms with E-state index in [0.29, 0.717) is 6.61 Å². The molecule has 94 valence electrons. The van der Waals surface area contributed by atoms with Crippen LogP contribution in [-0.4, -0.2) is 66.8 Å². The second-order valence-electron chi connectivity index (χ2n) is 3.55. The third-order valence-corrected chi connectivity index (χ3v) is 2.05. The Balaban J connectivity index is 0.000000281. The van der Waals surface area contributed by atoms with E-state index < -0.39 is 12.1 Å². The van der Waals surface area contributed by atoms with E-state index in [2.05, 4.69) is 4.74 Å². The van der Waals surface area contributed by atoms with Crippen molar-refractivity contribution in [3.05, 3.63) is 0 Å². The van der Waals surface area contributed by atoms with Crippen LogP contribution in [0.25, 0.3) is 0 Å². The van der Waals surface area contributed by atoms with Gasteiger partial charge in [-0.25, -0.2) is 9.59 Å². The second kappa shape index (κ2) is 7.05. The molecule has 1 unspecified atom stereocenters.